The van der Waals surface area contributed by atoms with Gasteiger partial charge in [-0.3, -0.25) is 6.08 Å². The number of hydrogen-bond acceptors (Lipinski definition) is 1. The van der Waals surface area contributed by atoms with E-state index >= 15 is 0 Å². The van der Waals surface area contributed by atoms with Crippen LogP contribution in [0.1, 0.15) is 6.42 Å². The van der Waals surface area contributed by atoms with E-state index in [4.69, 9.17) is 5.73 Å². The Bertz CT molecular complexity index is 159. The standard InChI is InChI=1S/C5H5.C4H6N.4CH3.Ti/c1-2-4-5-3-1;1-3-4(2)5;;;;;/h1-3H,4H2;1-2,5H2;4*1H3;/q6*-1;. The quantitative estimate of drug-likeness (QED) is 0.424. The molecule has 0 heterocycles. The van der Waals surface area contributed by atoms with Gasteiger partial charge in [-0.15, -0.1) is 12.1 Å². The second-order valence-corrected chi connectivity index (χ2v) is 1.71. The number of nitrogens with two attached hydrogens (primary N) is 1. The second kappa shape index (κ2) is 29.2. The summed E-state index contributed by atoms with van der Waals surface area (Å²) in [5.41, 5.74) is 5.32. The predicted molar refractivity (Wildman–Crippen MR) is 69.4 cm³/mol. The zero-order chi connectivity index (χ0) is 7.82. The summed E-state index contributed by atoms with van der Waals surface area (Å²) in [5.74, 6) is 0. The number of allylic oxidation sites excluding steroid dienone is 5. The minimum Gasteiger partial charge on any atom is -0.432 e. The molecule has 0 aromatic rings. The van der Waals surface area contributed by atoms with Crippen LogP contribution in [-0.2, 0) is 21.7 Å². The molecule has 1 rings (SSSR count). The van der Waals surface area contributed by atoms with Crippen molar-refractivity contribution in [1.82, 2.24) is 0 Å². The molecule has 0 saturated heterocycles. The van der Waals surface area contributed by atoms with Gasteiger partial charge in [0.25, 0.3) is 0 Å². The van der Waals surface area contributed by atoms with Crippen molar-refractivity contribution >= 4 is 0 Å². The van der Waals surface area contributed by atoms with Crippen LogP contribution in [0.3, 0.4) is 0 Å². The molecule has 1 aliphatic carbocycles. The van der Waals surface area contributed by atoms with Gasteiger partial charge in [-0.05, 0) is 0 Å². The van der Waals surface area contributed by atoms with E-state index in [9.17, 15) is 0 Å². The first-order valence-corrected chi connectivity index (χ1v) is 2.96. The molecule has 0 fully saturated rings. The molecule has 90 valence electrons. The van der Waals surface area contributed by atoms with Crippen LogP contribution in [0.4, 0.5) is 0 Å². The Kier molecular flexibility index (Phi) is 71.2. The summed E-state index contributed by atoms with van der Waals surface area (Å²) >= 11 is 0. The summed E-state index contributed by atoms with van der Waals surface area (Å²) in [5, 5.41) is 0. The van der Waals surface area contributed by atoms with Crippen LogP contribution in [0.25, 0.3) is 0 Å². The molecule has 0 spiro atoms. The van der Waals surface area contributed by atoms with Crippen LogP contribution < -0.4 is 5.73 Å². The topological polar surface area (TPSA) is 26.0 Å². The largest absolute Gasteiger partial charge is 0.432 e. The van der Waals surface area contributed by atoms with Gasteiger partial charge >= 0.3 is 0 Å². The van der Waals surface area contributed by atoms with Crippen LogP contribution in [0.5, 0.6) is 0 Å². The molecule has 0 saturated carbocycles. The van der Waals surface area contributed by atoms with Crippen LogP contribution >= 0.6 is 0 Å². The normalized spacial score (nSPS) is 8.00. The van der Waals surface area contributed by atoms with E-state index in [1.54, 1.807) is 0 Å². The van der Waals surface area contributed by atoms with Crippen molar-refractivity contribution in [3.05, 3.63) is 78.9 Å². The molecule has 0 radical (unpaired) electrons. The second-order valence-electron chi connectivity index (χ2n) is 1.71. The van der Waals surface area contributed by atoms with E-state index in [1.807, 2.05) is 12.2 Å². The van der Waals surface area contributed by atoms with E-state index in [0.717, 1.165) is 6.42 Å². The van der Waals surface area contributed by atoms with Gasteiger partial charge in [0.2, 0.25) is 0 Å². The van der Waals surface area contributed by atoms with Gasteiger partial charge < -0.3 is 35.4 Å². The summed E-state index contributed by atoms with van der Waals surface area (Å²) in [6.45, 7) is 6.49. The molecular weight excluding hydrogens is 218 g/mol. The van der Waals surface area contributed by atoms with E-state index in [-0.39, 0.29) is 51.4 Å². The van der Waals surface area contributed by atoms with Crippen LogP contribution in [-0.4, -0.2) is 0 Å². The Hall–Kier alpha value is -0.526. The SMILES string of the molecule is C=[C-]C(=C)N.[C-]1=CC=CC1.[CH3-].[CH3-].[CH3-].[CH3-].[Ti]. The van der Waals surface area contributed by atoms with E-state index < -0.39 is 0 Å². The van der Waals surface area contributed by atoms with Crippen LogP contribution in [0.2, 0.25) is 0 Å². The molecule has 0 atom stereocenters. The summed E-state index contributed by atoms with van der Waals surface area (Å²) < 4.78 is 0. The first-order chi connectivity index (χ1) is 4.77. The van der Waals surface area contributed by atoms with Crippen molar-refractivity contribution < 1.29 is 21.7 Å². The Labute approximate surface area is 113 Å². The molecule has 15 heavy (non-hydrogen) atoms. The minimum atomic E-state index is 0. The molecule has 1 nitrogen and oxygen atoms in total. The maximum absolute atomic E-state index is 4.92. The van der Waals surface area contributed by atoms with E-state index in [0.29, 0.717) is 5.70 Å². The molecule has 1 aliphatic rings. The van der Waals surface area contributed by atoms with Crippen molar-refractivity contribution in [3.63, 3.8) is 0 Å². The van der Waals surface area contributed by atoms with Gasteiger partial charge in [-0.2, -0.15) is 12.7 Å². The fourth-order valence-corrected chi connectivity index (χ4v) is 0.340. The third kappa shape index (κ3) is 42.3. The first-order valence-electron chi connectivity index (χ1n) is 2.96. The molecule has 0 aromatic heterocycles. The zero-order valence-corrected chi connectivity index (χ0v) is 12.0. The van der Waals surface area contributed by atoms with Crippen molar-refractivity contribution in [2.45, 2.75) is 6.42 Å². The molecule has 0 aliphatic heterocycles. The molecule has 2 heteroatoms. The summed E-state index contributed by atoms with van der Waals surface area (Å²) in [4.78, 5) is 0. The van der Waals surface area contributed by atoms with Crippen molar-refractivity contribution in [3.8, 4) is 0 Å². The fourth-order valence-electron chi connectivity index (χ4n) is 0.340. The summed E-state index contributed by atoms with van der Waals surface area (Å²) in [6.07, 6.45) is 12.4. The van der Waals surface area contributed by atoms with Gasteiger partial charge in [0.05, 0.1) is 0 Å². The van der Waals surface area contributed by atoms with Gasteiger partial charge in [0.1, 0.15) is 0 Å². The van der Waals surface area contributed by atoms with E-state index in [1.165, 1.54) is 0 Å². The summed E-state index contributed by atoms with van der Waals surface area (Å²) in [7, 11) is 0. The van der Waals surface area contributed by atoms with E-state index in [2.05, 4.69) is 31.4 Å². The average Bonchev–Trinajstić information content (AvgIpc) is 2.43. The number of rotatable bonds is 1. The Morgan fingerprint density at radius 2 is 1.67 bits per heavy atom. The van der Waals surface area contributed by atoms with Crippen LogP contribution in [0, 0.1) is 41.9 Å². The first kappa shape index (κ1) is 36.6. The third-order valence-corrected chi connectivity index (χ3v) is 0.813. The molecule has 0 aromatic carbocycles. The monoisotopic (exact) mass is 241 g/mol. The van der Waals surface area contributed by atoms with Gasteiger partial charge in [-0.1, -0.05) is 0 Å². The molecule has 2 N–H and O–H groups in total. The molecule has 0 bridgehead atoms. The Morgan fingerprint density at radius 1 is 1.27 bits per heavy atom. The molecule has 0 amide bonds. The van der Waals surface area contributed by atoms with Crippen molar-refractivity contribution in [2.75, 3.05) is 0 Å². The zero-order valence-electron chi connectivity index (χ0n) is 10.4. The average molecular weight is 241 g/mol. The Balaban J connectivity index is -0.0000000202. The smallest absolute Gasteiger partial charge is 0 e. The molecule has 0 unspecified atom stereocenters. The summed E-state index contributed by atoms with van der Waals surface area (Å²) in [6, 6.07) is 0. The van der Waals surface area contributed by atoms with Gasteiger partial charge in [0.15, 0.2) is 0 Å². The predicted octanol–water partition coefficient (Wildman–Crippen LogP) is 3.55. The Morgan fingerprint density at radius 3 is 1.73 bits per heavy atom. The maximum atomic E-state index is 4.92. The van der Waals surface area contributed by atoms with Crippen molar-refractivity contribution in [1.29, 1.82) is 0 Å². The van der Waals surface area contributed by atoms with Gasteiger partial charge in [0, 0.05) is 21.7 Å². The molecular formula is C13H23NTi-6. The minimum absolute atomic E-state index is 0. The van der Waals surface area contributed by atoms with Gasteiger partial charge in [-0.25, -0.2) is 24.8 Å². The maximum Gasteiger partial charge on any atom is 0 e. The van der Waals surface area contributed by atoms with Crippen molar-refractivity contribution in [2.24, 2.45) is 5.73 Å². The number of hydrogen-bond donors (Lipinski definition) is 1. The van der Waals surface area contributed by atoms with Crippen LogP contribution in [0.15, 0.2) is 37.1 Å². The third-order valence-electron chi connectivity index (χ3n) is 0.813. The fraction of sp³-hybridized carbons (Fsp3) is 0.0769.